The third-order valence-corrected chi connectivity index (χ3v) is 3.27. The van der Waals surface area contributed by atoms with Crippen LogP contribution >= 0.6 is 0 Å². The fourth-order valence-corrected chi connectivity index (χ4v) is 2.21. The first-order valence-electron chi connectivity index (χ1n) is 6.21. The number of aromatic nitrogens is 2. The van der Waals surface area contributed by atoms with Crippen molar-refractivity contribution in [1.82, 2.24) is 15.1 Å². The first-order valence-corrected chi connectivity index (χ1v) is 6.21. The van der Waals surface area contributed by atoms with Gasteiger partial charge in [0.25, 0.3) is 0 Å². The highest BCUT2D eigenvalue weighted by molar-refractivity contribution is 5.88. The molecule has 1 atom stereocenters. The maximum Gasteiger partial charge on any atom is 0.339 e. The third-order valence-electron chi connectivity index (χ3n) is 3.27. The second kappa shape index (κ2) is 5.97. The summed E-state index contributed by atoms with van der Waals surface area (Å²) in [6, 6.07) is 0. The highest BCUT2D eigenvalue weighted by Gasteiger charge is 2.16. The number of carboxylic acid groups (broad SMARTS) is 1. The molecule has 1 aliphatic rings. The van der Waals surface area contributed by atoms with Gasteiger partial charge in [-0.2, -0.15) is 5.10 Å². The lowest BCUT2D eigenvalue weighted by atomic mass is 10.0. The number of nitrogens with one attached hydrogen (secondary N) is 1. The van der Waals surface area contributed by atoms with E-state index in [-0.39, 0.29) is 5.56 Å². The first-order chi connectivity index (χ1) is 8.68. The smallest absolute Gasteiger partial charge is 0.339 e. The van der Waals surface area contributed by atoms with Gasteiger partial charge in [-0.3, -0.25) is 4.68 Å². The maximum absolute atomic E-state index is 11.0. The molecule has 0 spiro atoms. The molecule has 1 saturated heterocycles. The van der Waals surface area contributed by atoms with Gasteiger partial charge in [0.1, 0.15) is 5.56 Å². The van der Waals surface area contributed by atoms with Crippen molar-refractivity contribution in [3.63, 3.8) is 0 Å². The van der Waals surface area contributed by atoms with Gasteiger partial charge in [-0.25, -0.2) is 4.79 Å². The van der Waals surface area contributed by atoms with Crippen LogP contribution in [0.15, 0.2) is 6.20 Å². The van der Waals surface area contributed by atoms with E-state index in [1.54, 1.807) is 11.7 Å². The average molecular weight is 253 g/mol. The van der Waals surface area contributed by atoms with Crippen molar-refractivity contribution in [2.75, 3.05) is 19.8 Å². The lowest BCUT2D eigenvalue weighted by molar-refractivity contribution is 0.0546. The predicted octanol–water partition coefficient (Wildman–Crippen LogP) is 0.634. The average Bonchev–Trinajstić information content (AvgIpc) is 2.73. The van der Waals surface area contributed by atoms with E-state index in [4.69, 9.17) is 9.84 Å². The van der Waals surface area contributed by atoms with Crippen LogP contribution in [-0.4, -0.2) is 40.6 Å². The van der Waals surface area contributed by atoms with Crippen LogP contribution in [0.3, 0.4) is 0 Å². The Labute approximate surface area is 106 Å². The van der Waals surface area contributed by atoms with Gasteiger partial charge in [0.2, 0.25) is 0 Å². The molecule has 100 valence electrons. The summed E-state index contributed by atoms with van der Waals surface area (Å²) in [5.74, 6) is -0.402. The molecule has 0 aliphatic carbocycles. The normalized spacial score (nSPS) is 19.9. The Bertz CT molecular complexity index is 411. The van der Waals surface area contributed by atoms with Gasteiger partial charge < -0.3 is 15.2 Å². The van der Waals surface area contributed by atoms with Crippen LogP contribution in [-0.2, 0) is 18.3 Å². The van der Waals surface area contributed by atoms with E-state index in [2.05, 4.69) is 10.4 Å². The fourth-order valence-electron chi connectivity index (χ4n) is 2.21. The predicted molar refractivity (Wildman–Crippen MR) is 65.4 cm³/mol. The summed E-state index contributed by atoms with van der Waals surface area (Å²) in [7, 11) is 1.76. The molecule has 1 aromatic heterocycles. The first kappa shape index (κ1) is 13.0. The fraction of sp³-hybridized carbons (Fsp3) is 0.667. The number of hydrogen-bond donors (Lipinski definition) is 2. The van der Waals surface area contributed by atoms with Crippen molar-refractivity contribution in [2.45, 2.75) is 19.4 Å². The summed E-state index contributed by atoms with van der Waals surface area (Å²) in [5, 5.41) is 16.3. The molecule has 0 radical (unpaired) electrons. The number of rotatable bonds is 5. The molecule has 1 aromatic rings. The van der Waals surface area contributed by atoms with Gasteiger partial charge in [-0.05, 0) is 18.8 Å². The van der Waals surface area contributed by atoms with Gasteiger partial charge in [-0.1, -0.05) is 0 Å². The van der Waals surface area contributed by atoms with E-state index < -0.39 is 5.97 Å². The van der Waals surface area contributed by atoms with Crippen molar-refractivity contribution in [2.24, 2.45) is 13.0 Å². The molecule has 1 fully saturated rings. The Balaban J connectivity index is 1.85. The Morgan fingerprint density at radius 3 is 3.22 bits per heavy atom. The van der Waals surface area contributed by atoms with Crippen molar-refractivity contribution >= 4 is 5.97 Å². The summed E-state index contributed by atoms with van der Waals surface area (Å²) in [5.41, 5.74) is 0.976. The van der Waals surface area contributed by atoms with Crippen LogP contribution in [0.1, 0.15) is 28.9 Å². The van der Waals surface area contributed by atoms with Crippen LogP contribution in [0.2, 0.25) is 0 Å². The molecule has 1 unspecified atom stereocenters. The number of aryl methyl sites for hydroxylation is 1. The van der Waals surface area contributed by atoms with Gasteiger partial charge >= 0.3 is 5.97 Å². The van der Waals surface area contributed by atoms with Crippen LogP contribution in [0.5, 0.6) is 0 Å². The zero-order valence-electron chi connectivity index (χ0n) is 10.6. The second-order valence-electron chi connectivity index (χ2n) is 4.65. The standard InChI is InChI=1S/C12H19N3O3/c1-15-11(10(6-14-15)12(16)17)7-13-5-9-3-2-4-18-8-9/h6,9,13H,2-5,7-8H2,1H3,(H,16,17). The highest BCUT2D eigenvalue weighted by atomic mass is 16.5. The Hall–Kier alpha value is -1.40. The number of carbonyl (C=O) groups is 1. The summed E-state index contributed by atoms with van der Waals surface area (Å²) >= 11 is 0. The molecule has 0 aromatic carbocycles. The lowest BCUT2D eigenvalue weighted by Crippen LogP contribution is -2.29. The molecule has 6 heteroatoms. The summed E-state index contributed by atoms with van der Waals surface area (Å²) < 4.78 is 7.01. The molecule has 2 rings (SSSR count). The van der Waals surface area contributed by atoms with E-state index in [1.807, 2.05) is 0 Å². The van der Waals surface area contributed by atoms with Crippen molar-refractivity contribution in [3.8, 4) is 0 Å². The lowest BCUT2D eigenvalue weighted by Gasteiger charge is -2.22. The summed E-state index contributed by atoms with van der Waals surface area (Å²) in [4.78, 5) is 11.0. The summed E-state index contributed by atoms with van der Waals surface area (Å²) in [6.45, 7) is 3.03. The van der Waals surface area contributed by atoms with Crippen LogP contribution in [0.25, 0.3) is 0 Å². The second-order valence-corrected chi connectivity index (χ2v) is 4.65. The van der Waals surface area contributed by atoms with Crippen molar-refractivity contribution in [1.29, 1.82) is 0 Å². The SMILES string of the molecule is Cn1ncc(C(=O)O)c1CNCC1CCCOC1. The van der Waals surface area contributed by atoms with Gasteiger partial charge in [0.05, 0.1) is 18.5 Å². The molecular formula is C12H19N3O3. The van der Waals surface area contributed by atoms with Crippen LogP contribution < -0.4 is 5.32 Å². The highest BCUT2D eigenvalue weighted by Crippen LogP contribution is 2.13. The summed E-state index contributed by atoms with van der Waals surface area (Å²) in [6.07, 6.45) is 3.67. The molecule has 0 saturated carbocycles. The Morgan fingerprint density at radius 1 is 1.72 bits per heavy atom. The van der Waals surface area contributed by atoms with Crippen molar-refractivity contribution in [3.05, 3.63) is 17.5 Å². The Kier molecular flexibility index (Phi) is 4.33. The van der Waals surface area contributed by atoms with Gasteiger partial charge in [-0.15, -0.1) is 0 Å². The zero-order chi connectivity index (χ0) is 13.0. The Morgan fingerprint density at radius 2 is 2.56 bits per heavy atom. The quantitative estimate of drug-likeness (QED) is 0.805. The maximum atomic E-state index is 11.0. The molecule has 0 bridgehead atoms. The van der Waals surface area contributed by atoms with Gasteiger partial charge in [0, 0.05) is 26.7 Å². The molecule has 2 heterocycles. The molecule has 2 N–H and O–H groups in total. The molecule has 18 heavy (non-hydrogen) atoms. The monoisotopic (exact) mass is 253 g/mol. The number of ether oxygens (including phenoxy) is 1. The number of hydrogen-bond acceptors (Lipinski definition) is 4. The number of carboxylic acids is 1. The topological polar surface area (TPSA) is 76.4 Å². The van der Waals surface area contributed by atoms with Crippen molar-refractivity contribution < 1.29 is 14.6 Å². The molecule has 0 amide bonds. The van der Waals surface area contributed by atoms with E-state index in [0.717, 1.165) is 26.2 Å². The van der Waals surface area contributed by atoms with Crippen LogP contribution in [0.4, 0.5) is 0 Å². The van der Waals surface area contributed by atoms with E-state index >= 15 is 0 Å². The minimum atomic E-state index is -0.930. The van der Waals surface area contributed by atoms with E-state index in [0.29, 0.717) is 18.2 Å². The largest absolute Gasteiger partial charge is 0.478 e. The third kappa shape index (κ3) is 3.08. The van der Waals surface area contributed by atoms with Crippen LogP contribution in [0, 0.1) is 5.92 Å². The molecule has 1 aliphatic heterocycles. The minimum absolute atomic E-state index is 0.268. The van der Waals surface area contributed by atoms with E-state index in [9.17, 15) is 4.79 Å². The number of nitrogens with zero attached hydrogens (tertiary/aromatic N) is 2. The zero-order valence-corrected chi connectivity index (χ0v) is 10.6. The van der Waals surface area contributed by atoms with E-state index in [1.165, 1.54) is 12.6 Å². The molecular weight excluding hydrogens is 234 g/mol. The minimum Gasteiger partial charge on any atom is -0.478 e. The number of aromatic carboxylic acids is 1. The van der Waals surface area contributed by atoms with Gasteiger partial charge in [0.15, 0.2) is 0 Å². The molecule has 6 nitrogen and oxygen atoms in total.